The van der Waals surface area contributed by atoms with Gasteiger partial charge in [-0.05, 0) is 98.7 Å². The molecule has 0 saturated heterocycles. The number of hydrogen-bond acceptors (Lipinski definition) is 3. The molecule has 4 nitrogen and oxygen atoms in total. The first-order chi connectivity index (χ1) is 24.6. The molecule has 7 aromatic rings. The van der Waals surface area contributed by atoms with Crippen LogP contribution in [0.3, 0.4) is 0 Å². The lowest BCUT2D eigenvalue weighted by Crippen LogP contribution is -2.17. The van der Waals surface area contributed by atoms with Crippen LogP contribution in [0.2, 0.25) is 0 Å². The maximum Gasteiger partial charge on any atom is 0.149 e. The lowest BCUT2D eigenvalue weighted by atomic mass is 9.79. The molecule has 7 rings (SSSR count). The summed E-state index contributed by atoms with van der Waals surface area (Å²) >= 11 is 0. The van der Waals surface area contributed by atoms with Gasteiger partial charge in [0.05, 0.1) is 22.3 Å². The van der Waals surface area contributed by atoms with Crippen LogP contribution in [-0.2, 0) is 16.2 Å². The van der Waals surface area contributed by atoms with Crippen LogP contribution < -0.4 is 0 Å². The second-order valence-electron chi connectivity index (χ2n) is 17.0. The number of rotatable bonds is 5. The van der Waals surface area contributed by atoms with Crippen molar-refractivity contribution < 1.29 is 5.11 Å². The molecule has 0 aliphatic rings. The molecule has 0 fully saturated rings. The lowest BCUT2D eigenvalue weighted by molar-refractivity contribution is 0.446. The van der Waals surface area contributed by atoms with Gasteiger partial charge in [0, 0.05) is 28.6 Å². The van der Waals surface area contributed by atoms with E-state index < -0.39 is 0 Å². The minimum absolute atomic E-state index is 0.0684. The van der Waals surface area contributed by atoms with E-state index in [-0.39, 0.29) is 22.0 Å². The number of imidazole rings is 1. The Labute approximate surface area is 308 Å². The smallest absolute Gasteiger partial charge is 0.149 e. The summed E-state index contributed by atoms with van der Waals surface area (Å²) in [5.41, 5.74) is 12.9. The number of aromatic nitrogens is 3. The molecule has 262 valence electrons. The van der Waals surface area contributed by atoms with Crippen molar-refractivity contribution in [3.05, 3.63) is 144 Å². The predicted octanol–water partition coefficient (Wildman–Crippen LogP) is 12.7. The van der Waals surface area contributed by atoms with Crippen LogP contribution >= 0.6 is 0 Å². The number of hydrogen-bond donors (Lipinski definition) is 1. The Hall–Kier alpha value is -5.48. The topological polar surface area (TPSA) is 50.9 Å². The second-order valence-corrected chi connectivity index (χ2v) is 17.0. The van der Waals surface area contributed by atoms with Crippen molar-refractivity contribution >= 4 is 11.0 Å². The average molecular weight is 684 g/mol. The summed E-state index contributed by atoms with van der Waals surface area (Å²) in [6.45, 7) is 19.8. The van der Waals surface area contributed by atoms with E-state index in [9.17, 15) is 5.11 Å². The largest absolute Gasteiger partial charge is 0.507 e. The summed E-state index contributed by atoms with van der Waals surface area (Å²) in [5.74, 6) is 0.981. The maximum atomic E-state index is 12.1. The van der Waals surface area contributed by atoms with Gasteiger partial charge < -0.3 is 5.11 Å². The number of pyridine rings is 1. The van der Waals surface area contributed by atoms with Crippen molar-refractivity contribution in [1.82, 2.24) is 14.5 Å². The highest BCUT2D eigenvalue weighted by Gasteiger charge is 2.28. The Bertz CT molecular complexity index is 2380. The number of phenols is 1. The summed E-state index contributed by atoms with van der Waals surface area (Å²) < 4.78 is 2.20. The summed E-state index contributed by atoms with van der Waals surface area (Å²) in [6, 6.07) is 42.7. The van der Waals surface area contributed by atoms with Gasteiger partial charge in [-0.3, -0.25) is 9.55 Å². The normalized spacial score (nSPS) is 12.4. The average Bonchev–Trinajstić information content (AvgIpc) is 3.50. The third-order valence-corrected chi connectivity index (χ3v) is 10.0. The molecule has 0 amide bonds. The molecule has 52 heavy (non-hydrogen) atoms. The monoisotopic (exact) mass is 683 g/mol. The Morgan fingerprint density at radius 3 is 1.81 bits per heavy atom. The highest BCUT2D eigenvalue weighted by atomic mass is 16.3. The van der Waals surface area contributed by atoms with Crippen LogP contribution in [0.15, 0.2) is 128 Å². The van der Waals surface area contributed by atoms with Gasteiger partial charge in [-0.25, -0.2) is 4.98 Å². The Morgan fingerprint density at radius 1 is 0.519 bits per heavy atom. The number of aromatic hydroxyl groups is 1. The zero-order valence-corrected chi connectivity index (χ0v) is 31.9. The third kappa shape index (κ3) is 6.66. The highest BCUT2D eigenvalue weighted by molar-refractivity contribution is 5.97. The van der Waals surface area contributed by atoms with Crippen molar-refractivity contribution in [2.75, 3.05) is 0 Å². The molecule has 0 saturated carbocycles. The number of phenolic OH excluding ortho intramolecular Hbond substituents is 1. The summed E-state index contributed by atoms with van der Waals surface area (Å²) in [7, 11) is 0. The summed E-state index contributed by atoms with van der Waals surface area (Å²) in [4.78, 5) is 10.2. The molecule has 0 atom stereocenters. The van der Waals surface area contributed by atoms with Crippen LogP contribution in [0.4, 0.5) is 0 Å². The predicted molar refractivity (Wildman–Crippen MR) is 218 cm³/mol. The standard InChI is InChI=1S/C48H49N3O/c1-46(2,3)35-23-21-31(22-24-35)32-26-33(28-34(27-32)41-19-13-14-25-49-41)38-18-15-20-42-43(38)50-45(51(42)37-16-11-10-12-17-37)39-29-36(47(4,5)6)30-40(44(39)52)48(7,8)9/h10-30,52H,1-9H3. The van der Waals surface area contributed by atoms with Crippen LogP contribution in [-0.4, -0.2) is 19.6 Å². The van der Waals surface area contributed by atoms with Crippen molar-refractivity contribution in [3.63, 3.8) is 0 Å². The van der Waals surface area contributed by atoms with Gasteiger partial charge in [-0.15, -0.1) is 0 Å². The van der Waals surface area contributed by atoms with Gasteiger partial charge in [0.2, 0.25) is 0 Å². The second kappa shape index (κ2) is 12.9. The van der Waals surface area contributed by atoms with Crippen LogP contribution in [0.1, 0.15) is 79.0 Å². The lowest BCUT2D eigenvalue weighted by Gasteiger charge is -2.27. The molecule has 5 aromatic carbocycles. The van der Waals surface area contributed by atoms with E-state index in [1.165, 1.54) is 5.56 Å². The van der Waals surface area contributed by atoms with Gasteiger partial charge in [0.25, 0.3) is 0 Å². The first-order valence-electron chi connectivity index (χ1n) is 18.2. The van der Waals surface area contributed by atoms with Gasteiger partial charge in [-0.2, -0.15) is 0 Å². The number of benzene rings is 5. The molecule has 0 aliphatic carbocycles. The minimum atomic E-state index is -0.276. The van der Waals surface area contributed by atoms with Gasteiger partial charge >= 0.3 is 0 Å². The molecule has 2 aromatic heterocycles. The molecule has 0 unspecified atom stereocenters. The molecule has 1 N–H and O–H groups in total. The Kier molecular flexibility index (Phi) is 8.69. The number of fused-ring (bicyclic) bond motifs is 1. The van der Waals surface area contributed by atoms with Crippen LogP contribution in [0.5, 0.6) is 5.75 Å². The zero-order chi connectivity index (χ0) is 37.0. The molecular weight excluding hydrogens is 635 g/mol. The van der Waals surface area contributed by atoms with Gasteiger partial charge in [0.1, 0.15) is 11.6 Å². The van der Waals surface area contributed by atoms with E-state index in [2.05, 4.69) is 158 Å². The number of nitrogens with zero attached hydrogens (tertiary/aromatic N) is 3. The SMILES string of the molecule is CC(C)(C)c1ccc(-c2cc(-c3ccccn3)cc(-c3cccc4c3nc(-c3cc(C(C)(C)C)cc(C(C)(C)C)c3O)n4-c3ccccc3)c2)cc1. The quantitative estimate of drug-likeness (QED) is 0.196. The van der Waals surface area contributed by atoms with Crippen molar-refractivity contribution in [2.24, 2.45) is 0 Å². The molecule has 0 bridgehead atoms. The Morgan fingerprint density at radius 2 is 1.17 bits per heavy atom. The Balaban J connectivity index is 1.52. The van der Waals surface area contributed by atoms with Crippen LogP contribution in [0.25, 0.3) is 61.6 Å². The van der Waals surface area contributed by atoms with Crippen molar-refractivity contribution in [2.45, 2.75) is 78.6 Å². The third-order valence-electron chi connectivity index (χ3n) is 10.0. The molecule has 0 spiro atoms. The number of para-hydroxylation sites is 2. The minimum Gasteiger partial charge on any atom is -0.507 e. The zero-order valence-electron chi connectivity index (χ0n) is 31.9. The van der Waals surface area contributed by atoms with E-state index >= 15 is 0 Å². The van der Waals surface area contributed by atoms with E-state index in [1.54, 1.807) is 0 Å². The van der Waals surface area contributed by atoms with Crippen LogP contribution in [0, 0.1) is 0 Å². The van der Waals surface area contributed by atoms with E-state index in [4.69, 9.17) is 9.97 Å². The molecule has 0 radical (unpaired) electrons. The first-order valence-corrected chi connectivity index (χ1v) is 18.2. The summed E-state index contributed by atoms with van der Waals surface area (Å²) in [5, 5.41) is 12.1. The summed E-state index contributed by atoms with van der Waals surface area (Å²) in [6.07, 6.45) is 1.85. The van der Waals surface area contributed by atoms with E-state index in [0.29, 0.717) is 5.82 Å². The molecule has 0 aliphatic heterocycles. The van der Waals surface area contributed by atoms with E-state index in [1.807, 2.05) is 36.5 Å². The molecule has 2 heterocycles. The molecule has 4 heteroatoms. The fraction of sp³-hybridized carbons (Fsp3) is 0.250. The fourth-order valence-corrected chi connectivity index (χ4v) is 6.95. The highest BCUT2D eigenvalue weighted by Crippen LogP contribution is 2.44. The first kappa shape index (κ1) is 34.9. The van der Waals surface area contributed by atoms with Gasteiger partial charge in [0.15, 0.2) is 0 Å². The fourth-order valence-electron chi connectivity index (χ4n) is 6.95. The van der Waals surface area contributed by atoms with Crippen molar-refractivity contribution in [3.8, 4) is 56.3 Å². The van der Waals surface area contributed by atoms with Crippen molar-refractivity contribution in [1.29, 1.82) is 0 Å². The van der Waals surface area contributed by atoms with Gasteiger partial charge in [-0.1, -0.05) is 129 Å². The van der Waals surface area contributed by atoms with E-state index in [0.717, 1.165) is 66.9 Å². The molecular formula is C48H49N3O. The maximum absolute atomic E-state index is 12.1.